The Kier molecular flexibility index (Phi) is 6.53. The van der Waals surface area contributed by atoms with Gasteiger partial charge in [-0.3, -0.25) is 14.7 Å². The number of hydrogen-bond donors (Lipinski definition) is 1. The summed E-state index contributed by atoms with van der Waals surface area (Å²) in [6, 6.07) is 15.6. The van der Waals surface area contributed by atoms with Crippen LogP contribution >= 0.6 is 11.3 Å². The van der Waals surface area contributed by atoms with Crippen LogP contribution in [-0.4, -0.2) is 47.0 Å². The van der Waals surface area contributed by atoms with E-state index < -0.39 is 0 Å². The molecule has 0 radical (unpaired) electrons. The molecular weight excluding hydrogens is 470 g/mol. The zero-order valence-corrected chi connectivity index (χ0v) is 20.9. The lowest BCUT2D eigenvalue weighted by Crippen LogP contribution is -2.48. The third-order valence-corrected chi connectivity index (χ3v) is 8.30. The van der Waals surface area contributed by atoms with E-state index in [0.29, 0.717) is 5.76 Å². The summed E-state index contributed by atoms with van der Waals surface area (Å²) in [5, 5.41) is 4.13. The fourth-order valence-corrected chi connectivity index (χ4v) is 6.67. The average Bonchev–Trinajstić information content (AvgIpc) is 3.60. The molecule has 1 saturated heterocycles. The highest BCUT2D eigenvalue weighted by atomic mass is 32.1. The number of hydrogen-bond acceptors (Lipinski definition) is 7. The van der Waals surface area contributed by atoms with Crippen LogP contribution in [0.4, 0.5) is 10.8 Å². The van der Waals surface area contributed by atoms with Gasteiger partial charge in [-0.15, -0.1) is 11.3 Å². The number of furan rings is 1. The lowest BCUT2D eigenvalue weighted by molar-refractivity contribution is 0.0996. The first-order valence-corrected chi connectivity index (χ1v) is 13.4. The first kappa shape index (κ1) is 22.9. The van der Waals surface area contributed by atoms with Crippen molar-refractivity contribution >= 4 is 28.1 Å². The number of rotatable bonds is 6. The number of pyridine rings is 2. The van der Waals surface area contributed by atoms with Crippen molar-refractivity contribution in [2.45, 2.75) is 31.7 Å². The summed E-state index contributed by atoms with van der Waals surface area (Å²) in [5.74, 6) is 1.14. The van der Waals surface area contributed by atoms with E-state index in [9.17, 15) is 4.79 Å². The summed E-state index contributed by atoms with van der Waals surface area (Å²) in [4.78, 5) is 28.6. The molecule has 4 aromatic heterocycles. The van der Waals surface area contributed by atoms with E-state index in [1.165, 1.54) is 35.1 Å². The van der Waals surface area contributed by atoms with Gasteiger partial charge in [-0.2, -0.15) is 0 Å². The zero-order chi connectivity index (χ0) is 24.3. The van der Waals surface area contributed by atoms with Crippen molar-refractivity contribution in [3.05, 3.63) is 94.6 Å². The smallest absolute Gasteiger partial charge is 0.291 e. The summed E-state index contributed by atoms with van der Waals surface area (Å²) in [6.45, 7) is 3.55. The highest BCUT2D eigenvalue weighted by Crippen LogP contribution is 2.45. The van der Waals surface area contributed by atoms with Crippen molar-refractivity contribution in [2.24, 2.45) is 0 Å². The van der Waals surface area contributed by atoms with Gasteiger partial charge in [0.1, 0.15) is 10.8 Å². The van der Waals surface area contributed by atoms with Gasteiger partial charge in [-0.1, -0.05) is 12.1 Å². The third kappa shape index (κ3) is 4.54. The van der Waals surface area contributed by atoms with Crippen molar-refractivity contribution in [1.29, 1.82) is 0 Å². The molecule has 1 N–H and O–H groups in total. The van der Waals surface area contributed by atoms with Crippen molar-refractivity contribution < 1.29 is 9.21 Å². The highest BCUT2D eigenvalue weighted by molar-refractivity contribution is 7.16. The number of fused-ring (bicyclic) bond motifs is 1. The summed E-state index contributed by atoms with van der Waals surface area (Å²) in [6.07, 6.45) is 9.71. The van der Waals surface area contributed by atoms with Crippen molar-refractivity contribution in [2.75, 3.05) is 36.4 Å². The van der Waals surface area contributed by atoms with Crippen LogP contribution in [0.15, 0.2) is 71.6 Å². The Balaban J connectivity index is 1.36. The van der Waals surface area contributed by atoms with Gasteiger partial charge in [-0.05, 0) is 67.6 Å². The molecule has 6 rings (SSSR count). The molecule has 0 saturated carbocycles. The molecule has 0 spiro atoms. The van der Waals surface area contributed by atoms with Crippen LogP contribution in [0.1, 0.15) is 51.1 Å². The van der Waals surface area contributed by atoms with Gasteiger partial charge in [0.2, 0.25) is 0 Å². The predicted molar refractivity (Wildman–Crippen MR) is 142 cm³/mol. The molecule has 7 nitrogen and oxygen atoms in total. The van der Waals surface area contributed by atoms with Gasteiger partial charge in [0.15, 0.2) is 5.76 Å². The maximum Gasteiger partial charge on any atom is 0.291 e. The standard InChI is InChI=1S/C28H29N5O2S/c34-27(22-10-7-19-35-22)31-28-25(20-8-1-2-11-23(20)36-28)26(21-9-3-5-13-29-21)33-17-15-32(16-18-33)24-12-4-6-14-30-24/h3-7,9-10,12-14,19,26H,1-2,8,11,15-18H2,(H,31,34)/t26-/m0/s1. The Labute approximate surface area is 214 Å². The van der Waals surface area contributed by atoms with Crippen LogP contribution < -0.4 is 10.2 Å². The van der Waals surface area contributed by atoms with E-state index in [0.717, 1.165) is 55.5 Å². The minimum atomic E-state index is -0.209. The SMILES string of the molecule is O=C(Nc1sc2c(c1[C@H](c1ccccn1)N1CCN(c3ccccn3)CC1)CCCC2)c1ccco1. The number of amides is 1. The molecule has 1 aliphatic heterocycles. The second-order valence-electron chi connectivity index (χ2n) is 9.25. The van der Waals surface area contributed by atoms with Crippen LogP contribution in [0, 0.1) is 0 Å². The molecule has 4 aromatic rings. The molecule has 1 amide bonds. The largest absolute Gasteiger partial charge is 0.459 e. The number of nitrogens with zero attached hydrogens (tertiary/aromatic N) is 4. The van der Waals surface area contributed by atoms with Gasteiger partial charge < -0.3 is 14.6 Å². The highest BCUT2D eigenvalue weighted by Gasteiger charge is 2.34. The van der Waals surface area contributed by atoms with Gasteiger partial charge in [0.05, 0.1) is 18.0 Å². The molecule has 1 fully saturated rings. The van der Waals surface area contributed by atoms with Crippen LogP contribution in [0.25, 0.3) is 0 Å². The number of aromatic nitrogens is 2. The number of thiophene rings is 1. The average molecular weight is 500 g/mol. The number of carbonyl (C=O) groups is 1. The molecule has 2 aliphatic rings. The Bertz CT molecular complexity index is 1300. The van der Waals surface area contributed by atoms with E-state index in [1.54, 1.807) is 23.5 Å². The normalized spacial score (nSPS) is 16.9. The Morgan fingerprint density at radius 2 is 1.75 bits per heavy atom. The topological polar surface area (TPSA) is 74.5 Å². The molecule has 1 atom stereocenters. The predicted octanol–water partition coefficient (Wildman–Crippen LogP) is 5.17. The summed E-state index contributed by atoms with van der Waals surface area (Å²) in [5.41, 5.74) is 3.62. The fourth-order valence-electron chi connectivity index (χ4n) is 5.35. The molecule has 1 aliphatic carbocycles. The van der Waals surface area contributed by atoms with Crippen molar-refractivity contribution in [3.63, 3.8) is 0 Å². The molecule has 5 heterocycles. The van der Waals surface area contributed by atoms with Crippen LogP contribution in [0.2, 0.25) is 0 Å². The summed E-state index contributed by atoms with van der Waals surface area (Å²) < 4.78 is 5.38. The Hall–Kier alpha value is -3.49. The molecule has 184 valence electrons. The van der Waals surface area contributed by atoms with Gasteiger partial charge in [0.25, 0.3) is 5.91 Å². The van der Waals surface area contributed by atoms with E-state index in [-0.39, 0.29) is 11.9 Å². The van der Waals surface area contributed by atoms with E-state index in [2.05, 4.69) is 38.3 Å². The van der Waals surface area contributed by atoms with Gasteiger partial charge in [-0.25, -0.2) is 4.98 Å². The minimum absolute atomic E-state index is 0.0258. The summed E-state index contributed by atoms with van der Waals surface area (Å²) in [7, 11) is 0. The molecular formula is C28H29N5O2S. The van der Waals surface area contributed by atoms with Crippen LogP contribution in [0.3, 0.4) is 0 Å². The van der Waals surface area contributed by atoms with Crippen LogP contribution in [-0.2, 0) is 12.8 Å². The molecule has 0 unspecified atom stereocenters. The minimum Gasteiger partial charge on any atom is -0.459 e. The summed E-state index contributed by atoms with van der Waals surface area (Å²) >= 11 is 1.72. The van der Waals surface area contributed by atoms with E-state index in [4.69, 9.17) is 9.40 Å². The number of carbonyl (C=O) groups excluding carboxylic acids is 1. The fraction of sp³-hybridized carbons (Fsp3) is 0.321. The first-order valence-electron chi connectivity index (χ1n) is 12.6. The van der Waals surface area contributed by atoms with Crippen LogP contribution in [0.5, 0.6) is 0 Å². The zero-order valence-electron chi connectivity index (χ0n) is 20.1. The van der Waals surface area contributed by atoms with E-state index in [1.807, 2.05) is 30.6 Å². The molecule has 0 aromatic carbocycles. The number of nitrogens with one attached hydrogen (secondary N) is 1. The molecule has 0 bridgehead atoms. The van der Waals surface area contributed by atoms with Gasteiger partial charge >= 0.3 is 0 Å². The number of aryl methyl sites for hydroxylation is 1. The monoisotopic (exact) mass is 499 g/mol. The quantitative estimate of drug-likeness (QED) is 0.394. The second-order valence-corrected chi connectivity index (χ2v) is 10.4. The van der Waals surface area contributed by atoms with Crippen molar-refractivity contribution in [1.82, 2.24) is 14.9 Å². The lowest BCUT2D eigenvalue weighted by Gasteiger charge is -2.40. The maximum absolute atomic E-state index is 13.0. The Morgan fingerprint density at radius 1 is 0.944 bits per heavy atom. The van der Waals surface area contributed by atoms with E-state index >= 15 is 0 Å². The first-order chi connectivity index (χ1) is 17.8. The second kappa shape index (κ2) is 10.2. The lowest BCUT2D eigenvalue weighted by atomic mass is 9.90. The number of anilines is 2. The van der Waals surface area contributed by atoms with Crippen molar-refractivity contribution in [3.8, 4) is 0 Å². The third-order valence-electron chi connectivity index (χ3n) is 7.08. The van der Waals surface area contributed by atoms with Gasteiger partial charge in [0, 0.05) is 49.0 Å². The molecule has 8 heteroatoms. The molecule has 36 heavy (non-hydrogen) atoms. The Morgan fingerprint density at radius 3 is 2.47 bits per heavy atom. The maximum atomic E-state index is 13.0. The number of piperazine rings is 1.